The van der Waals surface area contributed by atoms with E-state index in [1.807, 2.05) is 30.3 Å². The van der Waals surface area contributed by atoms with Crippen molar-refractivity contribution in [1.82, 2.24) is 9.97 Å². The van der Waals surface area contributed by atoms with Crippen LogP contribution in [0.15, 0.2) is 145 Å². The number of aromatic nitrogens is 2. The van der Waals surface area contributed by atoms with Gasteiger partial charge in [-0.05, 0) is 59.1 Å². The zero-order valence-corrected chi connectivity index (χ0v) is 39.3. The number of carbonyl (C=O) groups excluding carboxylic acids is 2. The maximum absolute atomic E-state index is 8.40. The Morgan fingerprint density at radius 2 is 1.08 bits per heavy atom. The summed E-state index contributed by atoms with van der Waals surface area (Å²) in [5, 5.41) is 19.1. The molecule has 8 rings (SSSR count). The van der Waals surface area contributed by atoms with Gasteiger partial charge in [0.25, 0.3) is 0 Å². The van der Waals surface area contributed by atoms with Gasteiger partial charge in [0.15, 0.2) is 0 Å². The van der Waals surface area contributed by atoms with E-state index in [-0.39, 0.29) is 68.7 Å². The molecule has 8 heteroatoms. The number of allylic oxidation sites excluding steroid dienone is 4. The van der Waals surface area contributed by atoms with Gasteiger partial charge in [-0.2, -0.15) is 0 Å². The molecular formula is C51H50Ir2N2O4. The standard InChI is InChI=1S/C24H18N.C17H14N.2C5H8O2.2Ir/c1-24(2)20-9-5-4-8-18(20)19-13-11-17(15-21(19)24)23-14-12-16-7-3-6-10-22(16)25-23;1-12-9-13(2)11-15(10-12)17-8-7-14-5-3-4-6-16(14)18-17;2*1-4(6)3-5(2)7;;/h3-10,12-15H,1-2H3;3-10H,1-2H3;2*3,6H,1-2H3;;/q2*-1;;;;/p+2. The largest absolute Gasteiger partial charge is 0.512 e. The summed E-state index contributed by atoms with van der Waals surface area (Å²) in [6.07, 6.45) is 2.56. The molecule has 0 fully saturated rings. The first-order valence-electron chi connectivity index (χ1n) is 18.8. The summed E-state index contributed by atoms with van der Waals surface area (Å²) in [4.78, 5) is 26.3. The predicted octanol–water partition coefficient (Wildman–Crippen LogP) is 12.3. The first-order valence-corrected chi connectivity index (χ1v) is 18.8. The Morgan fingerprint density at radius 3 is 1.58 bits per heavy atom. The molecule has 2 aromatic heterocycles. The van der Waals surface area contributed by atoms with Gasteiger partial charge < -0.3 is 10.2 Å². The molecule has 0 unspecified atom stereocenters. The van der Waals surface area contributed by atoms with Crippen molar-refractivity contribution in [2.45, 2.75) is 60.8 Å². The van der Waals surface area contributed by atoms with Crippen molar-refractivity contribution in [2.24, 2.45) is 0 Å². The van der Waals surface area contributed by atoms with E-state index in [0.717, 1.165) is 39.1 Å². The van der Waals surface area contributed by atoms with Crippen molar-refractivity contribution in [3.8, 4) is 33.6 Å². The Morgan fingerprint density at radius 1 is 0.593 bits per heavy atom. The molecule has 0 bridgehead atoms. The van der Waals surface area contributed by atoms with E-state index >= 15 is 0 Å². The number of aliphatic hydroxyl groups excluding tert-OH is 2. The van der Waals surface area contributed by atoms with Gasteiger partial charge in [0, 0.05) is 40.2 Å². The van der Waals surface area contributed by atoms with Crippen LogP contribution in [0, 0.1) is 26.0 Å². The number of para-hydroxylation sites is 2. The molecule has 0 atom stereocenters. The minimum Gasteiger partial charge on any atom is -0.512 e. The summed E-state index contributed by atoms with van der Waals surface area (Å²) in [6, 6.07) is 49.0. The first kappa shape index (κ1) is 48.0. The van der Waals surface area contributed by atoms with Crippen LogP contribution in [0.3, 0.4) is 0 Å². The quantitative estimate of drug-likeness (QED) is 0.0792. The van der Waals surface area contributed by atoms with Gasteiger partial charge >= 0.3 is 11.6 Å². The van der Waals surface area contributed by atoms with E-state index in [4.69, 9.17) is 29.8 Å². The third kappa shape index (κ3) is 12.8. The molecule has 0 amide bonds. The van der Waals surface area contributed by atoms with Crippen LogP contribution in [0.5, 0.6) is 0 Å². The number of hydrogen-bond acceptors (Lipinski definition) is 4. The number of pyridine rings is 2. The summed E-state index contributed by atoms with van der Waals surface area (Å²) in [6.45, 7) is 14.8. The van der Waals surface area contributed by atoms with Gasteiger partial charge in [-0.1, -0.05) is 124 Å². The molecule has 59 heavy (non-hydrogen) atoms. The molecule has 0 spiro atoms. The SMILES string of the molecule is CC(=[OH+])C=C(C)O.CC(=[OH+])C=C(C)O.CC1(C)c2ccccc2-c2c[c-]c(-c3ccc4ccccc4n3)cc21.Cc1[c-]c(-c2ccc3ccccc3n2)cc(C)c1.[Ir].[Ir]. The van der Waals surface area contributed by atoms with Crippen LogP contribution in [0.4, 0.5) is 0 Å². The van der Waals surface area contributed by atoms with Gasteiger partial charge in [0.1, 0.15) is 0 Å². The van der Waals surface area contributed by atoms with E-state index in [2.05, 4.69) is 131 Å². The minimum absolute atomic E-state index is 0. The van der Waals surface area contributed by atoms with Gasteiger partial charge in [-0.3, -0.25) is 19.6 Å². The van der Waals surface area contributed by atoms with Gasteiger partial charge in [-0.25, -0.2) is 0 Å². The Labute approximate surface area is 374 Å². The van der Waals surface area contributed by atoms with Crippen LogP contribution in [-0.4, -0.2) is 41.3 Å². The third-order valence-corrected chi connectivity index (χ3v) is 9.25. The van der Waals surface area contributed by atoms with Crippen LogP contribution in [0.1, 0.15) is 63.8 Å². The topological polar surface area (TPSA) is 109 Å². The zero-order chi connectivity index (χ0) is 41.3. The normalized spacial score (nSPS) is 12.1. The number of aliphatic hydroxyl groups is 2. The Kier molecular flexibility index (Phi) is 17.6. The van der Waals surface area contributed by atoms with E-state index in [0.29, 0.717) is 0 Å². The molecule has 5 aromatic carbocycles. The summed E-state index contributed by atoms with van der Waals surface area (Å²) in [5.74, 6) is 0.500. The van der Waals surface area contributed by atoms with Gasteiger partial charge in [0.05, 0.1) is 48.6 Å². The second-order valence-corrected chi connectivity index (χ2v) is 14.7. The summed E-state index contributed by atoms with van der Waals surface area (Å²) < 4.78 is 0. The smallest absolute Gasteiger partial charge is 0.316 e. The first-order chi connectivity index (χ1) is 27.1. The molecule has 7 aromatic rings. The fourth-order valence-corrected chi connectivity index (χ4v) is 6.86. The molecule has 1 aliphatic carbocycles. The zero-order valence-electron chi connectivity index (χ0n) is 34.6. The molecule has 0 saturated carbocycles. The molecule has 0 saturated heterocycles. The number of aryl methyl sites for hydroxylation is 2. The minimum atomic E-state index is 0. The molecule has 0 aliphatic heterocycles. The molecule has 2 heterocycles. The van der Waals surface area contributed by atoms with Crippen LogP contribution >= 0.6 is 0 Å². The van der Waals surface area contributed by atoms with E-state index in [9.17, 15) is 0 Å². The molecule has 4 N–H and O–H groups in total. The number of ketones is 2. The Hall–Kier alpha value is -5.36. The number of nitrogens with zero attached hydrogens (tertiary/aromatic N) is 2. The maximum atomic E-state index is 8.40. The van der Waals surface area contributed by atoms with Crippen LogP contribution in [0.2, 0.25) is 0 Å². The van der Waals surface area contributed by atoms with Crippen molar-refractivity contribution in [3.63, 3.8) is 0 Å². The fraction of sp³-hybridized carbons (Fsp3) is 0.176. The number of fused-ring (bicyclic) bond motifs is 5. The Bertz CT molecular complexity index is 2590. The van der Waals surface area contributed by atoms with Crippen molar-refractivity contribution in [1.29, 1.82) is 0 Å². The van der Waals surface area contributed by atoms with Gasteiger partial charge in [-0.15, -0.1) is 64.2 Å². The van der Waals surface area contributed by atoms with Crippen LogP contribution in [0.25, 0.3) is 55.4 Å². The molecule has 2 radical (unpaired) electrons. The van der Waals surface area contributed by atoms with Crippen LogP contribution in [-0.2, 0) is 45.6 Å². The molecule has 1 aliphatic rings. The fourth-order valence-electron chi connectivity index (χ4n) is 6.86. The number of benzene rings is 5. The van der Waals surface area contributed by atoms with Crippen molar-refractivity contribution >= 4 is 33.4 Å². The average Bonchev–Trinajstić information content (AvgIpc) is 3.39. The summed E-state index contributed by atoms with van der Waals surface area (Å²) in [5.41, 5.74) is 13.9. The second-order valence-electron chi connectivity index (χ2n) is 14.7. The number of rotatable bonds is 4. The second kappa shape index (κ2) is 21.6. The van der Waals surface area contributed by atoms with E-state index in [1.54, 1.807) is 0 Å². The number of hydrogen-bond donors (Lipinski definition) is 2. The Balaban J connectivity index is 0.000000240. The monoisotopic (exact) mass is 1140 g/mol. The third-order valence-electron chi connectivity index (χ3n) is 9.25. The average molecular weight is 1140 g/mol. The molecular weight excluding hydrogens is 1090 g/mol. The van der Waals surface area contributed by atoms with Crippen molar-refractivity contribution < 1.29 is 60.0 Å². The van der Waals surface area contributed by atoms with Crippen LogP contribution < -0.4 is 0 Å². The van der Waals surface area contributed by atoms with Crippen molar-refractivity contribution in [3.05, 3.63) is 179 Å². The maximum Gasteiger partial charge on any atom is 0.316 e. The molecule has 6 nitrogen and oxygen atoms in total. The van der Waals surface area contributed by atoms with E-state index < -0.39 is 0 Å². The molecule has 306 valence electrons. The summed E-state index contributed by atoms with van der Waals surface area (Å²) >= 11 is 0. The predicted molar refractivity (Wildman–Crippen MR) is 237 cm³/mol. The van der Waals surface area contributed by atoms with Crippen molar-refractivity contribution in [2.75, 3.05) is 0 Å². The van der Waals surface area contributed by atoms with E-state index in [1.165, 1.54) is 78.4 Å². The summed E-state index contributed by atoms with van der Waals surface area (Å²) in [7, 11) is 0. The van der Waals surface area contributed by atoms with Gasteiger partial charge in [0.2, 0.25) is 0 Å².